The van der Waals surface area contributed by atoms with Crippen molar-refractivity contribution in [2.45, 2.75) is 19.4 Å². The van der Waals surface area contributed by atoms with Crippen LogP contribution < -0.4 is 14.8 Å². The molecule has 1 aliphatic heterocycles. The molecule has 116 valence electrons. The smallest absolute Gasteiger partial charge is 0.124 e. The molecule has 0 radical (unpaired) electrons. The van der Waals surface area contributed by atoms with Gasteiger partial charge in [-0.25, -0.2) is 4.39 Å². The molecule has 0 amide bonds. The number of hydrogen-bond acceptors (Lipinski definition) is 3. The Morgan fingerprint density at radius 2 is 2.05 bits per heavy atom. The predicted octanol–water partition coefficient (Wildman–Crippen LogP) is 3.47. The second kappa shape index (κ2) is 6.36. The van der Waals surface area contributed by atoms with Gasteiger partial charge in [-0.1, -0.05) is 6.07 Å². The van der Waals surface area contributed by atoms with Crippen molar-refractivity contribution in [3.8, 4) is 11.5 Å². The lowest BCUT2D eigenvalue weighted by Gasteiger charge is -2.29. The maximum absolute atomic E-state index is 13.7. The highest BCUT2D eigenvalue weighted by molar-refractivity contribution is 5.47. The molecule has 2 aromatic rings. The number of methoxy groups -OCH3 is 1. The Bertz CT molecular complexity index is 672. The van der Waals surface area contributed by atoms with Crippen molar-refractivity contribution in [1.82, 2.24) is 5.32 Å². The molecule has 3 nitrogen and oxygen atoms in total. The number of nitrogens with one attached hydrogen (secondary N) is 1. The Kier molecular flexibility index (Phi) is 4.29. The van der Waals surface area contributed by atoms with Gasteiger partial charge in [0.15, 0.2) is 0 Å². The van der Waals surface area contributed by atoms with Gasteiger partial charge in [0.2, 0.25) is 0 Å². The Labute approximate surface area is 130 Å². The van der Waals surface area contributed by atoms with Crippen molar-refractivity contribution in [3.05, 3.63) is 58.9 Å². The molecule has 1 aliphatic rings. The van der Waals surface area contributed by atoms with E-state index in [9.17, 15) is 4.39 Å². The van der Waals surface area contributed by atoms with Crippen LogP contribution in [0, 0.1) is 5.82 Å². The predicted molar refractivity (Wildman–Crippen MR) is 84.1 cm³/mol. The molecule has 0 fully saturated rings. The summed E-state index contributed by atoms with van der Waals surface area (Å²) in [5.41, 5.74) is 3.22. The molecule has 0 saturated heterocycles. The summed E-state index contributed by atoms with van der Waals surface area (Å²) in [6, 6.07) is 10.7. The maximum Gasteiger partial charge on any atom is 0.124 e. The highest BCUT2D eigenvalue weighted by Crippen LogP contribution is 2.35. The van der Waals surface area contributed by atoms with Gasteiger partial charge in [0.1, 0.15) is 17.3 Å². The van der Waals surface area contributed by atoms with Crippen molar-refractivity contribution >= 4 is 0 Å². The number of ether oxygens (including phenoxy) is 2. The van der Waals surface area contributed by atoms with E-state index in [1.165, 1.54) is 11.6 Å². The van der Waals surface area contributed by atoms with E-state index in [0.717, 1.165) is 29.8 Å². The average molecular weight is 301 g/mol. The highest BCUT2D eigenvalue weighted by Gasteiger charge is 2.24. The van der Waals surface area contributed by atoms with Crippen LogP contribution in [0.5, 0.6) is 11.5 Å². The minimum absolute atomic E-state index is 0.0647. The molecule has 4 heteroatoms. The van der Waals surface area contributed by atoms with Gasteiger partial charge in [0, 0.05) is 12.1 Å². The first kappa shape index (κ1) is 14.9. The van der Waals surface area contributed by atoms with E-state index in [4.69, 9.17) is 9.47 Å². The third kappa shape index (κ3) is 2.79. The van der Waals surface area contributed by atoms with Gasteiger partial charge in [0.25, 0.3) is 0 Å². The monoisotopic (exact) mass is 301 g/mol. The summed E-state index contributed by atoms with van der Waals surface area (Å²) in [7, 11) is 1.61. The molecule has 2 aromatic carbocycles. The van der Waals surface area contributed by atoms with Crippen molar-refractivity contribution in [1.29, 1.82) is 0 Å². The topological polar surface area (TPSA) is 30.5 Å². The Balaban J connectivity index is 2.03. The molecule has 1 N–H and O–H groups in total. The van der Waals surface area contributed by atoms with Gasteiger partial charge in [-0.2, -0.15) is 0 Å². The summed E-state index contributed by atoms with van der Waals surface area (Å²) < 4.78 is 24.6. The van der Waals surface area contributed by atoms with Crippen molar-refractivity contribution in [2.24, 2.45) is 0 Å². The van der Waals surface area contributed by atoms with Gasteiger partial charge in [0.05, 0.1) is 19.8 Å². The first-order valence-electron chi connectivity index (χ1n) is 7.55. The van der Waals surface area contributed by atoms with Crippen LogP contribution in [-0.2, 0) is 6.42 Å². The molecule has 0 saturated carbocycles. The molecule has 0 bridgehead atoms. The number of rotatable bonds is 4. The molecule has 22 heavy (non-hydrogen) atoms. The lowest BCUT2D eigenvalue weighted by Crippen LogP contribution is -2.31. The molecule has 0 spiro atoms. The van der Waals surface area contributed by atoms with E-state index in [1.807, 2.05) is 13.0 Å². The number of fused-ring (bicyclic) bond motifs is 1. The molecular weight excluding hydrogens is 281 g/mol. The summed E-state index contributed by atoms with van der Waals surface area (Å²) in [6.45, 7) is 3.46. The van der Waals surface area contributed by atoms with E-state index in [0.29, 0.717) is 12.4 Å². The zero-order valence-corrected chi connectivity index (χ0v) is 12.9. The summed E-state index contributed by atoms with van der Waals surface area (Å²) in [6.07, 6.45) is 0.935. The average Bonchev–Trinajstić information content (AvgIpc) is 2.54. The van der Waals surface area contributed by atoms with Crippen LogP contribution in [0.1, 0.15) is 29.7 Å². The van der Waals surface area contributed by atoms with Gasteiger partial charge in [-0.3, -0.25) is 0 Å². The van der Waals surface area contributed by atoms with Crippen LogP contribution in [-0.4, -0.2) is 20.3 Å². The van der Waals surface area contributed by atoms with Gasteiger partial charge >= 0.3 is 0 Å². The lowest BCUT2D eigenvalue weighted by molar-refractivity contribution is 0.339. The third-order valence-electron chi connectivity index (χ3n) is 3.98. The SMILES string of the molecule is CCOc1ccc2c(c1)CCNC2c1cc(F)ccc1OC. The Morgan fingerprint density at radius 3 is 2.82 bits per heavy atom. The largest absolute Gasteiger partial charge is 0.496 e. The molecule has 1 heterocycles. The standard InChI is InChI=1S/C18H20FNO2/c1-3-22-14-5-6-15-12(10-14)8-9-20-18(15)16-11-13(19)4-7-17(16)21-2/h4-7,10-11,18,20H,3,8-9H2,1-2H3. The van der Waals surface area contributed by atoms with Crippen LogP contribution in [0.25, 0.3) is 0 Å². The minimum Gasteiger partial charge on any atom is -0.496 e. The second-order valence-electron chi connectivity index (χ2n) is 5.32. The van der Waals surface area contributed by atoms with Crippen molar-refractivity contribution in [2.75, 3.05) is 20.3 Å². The fourth-order valence-electron chi connectivity index (χ4n) is 3.01. The number of halogens is 1. The normalized spacial score (nSPS) is 17.0. The number of benzene rings is 2. The fraction of sp³-hybridized carbons (Fsp3) is 0.333. The van der Waals surface area contributed by atoms with Crippen molar-refractivity contribution < 1.29 is 13.9 Å². The maximum atomic E-state index is 13.7. The zero-order valence-electron chi connectivity index (χ0n) is 12.9. The van der Waals surface area contributed by atoms with E-state index in [-0.39, 0.29) is 11.9 Å². The highest BCUT2D eigenvalue weighted by atomic mass is 19.1. The summed E-state index contributed by atoms with van der Waals surface area (Å²) >= 11 is 0. The van der Waals surface area contributed by atoms with E-state index >= 15 is 0 Å². The molecule has 0 aliphatic carbocycles. The lowest BCUT2D eigenvalue weighted by atomic mass is 9.89. The summed E-state index contributed by atoms with van der Waals surface area (Å²) in [5, 5.41) is 3.46. The van der Waals surface area contributed by atoms with Crippen LogP contribution >= 0.6 is 0 Å². The first-order chi connectivity index (χ1) is 10.7. The second-order valence-corrected chi connectivity index (χ2v) is 5.32. The first-order valence-corrected chi connectivity index (χ1v) is 7.55. The number of hydrogen-bond donors (Lipinski definition) is 1. The van der Waals surface area contributed by atoms with E-state index < -0.39 is 0 Å². The fourth-order valence-corrected chi connectivity index (χ4v) is 3.01. The third-order valence-corrected chi connectivity index (χ3v) is 3.98. The zero-order chi connectivity index (χ0) is 15.5. The molecular formula is C18H20FNO2. The molecule has 3 rings (SSSR count). The van der Waals surface area contributed by atoms with E-state index in [2.05, 4.69) is 17.4 Å². The Hall–Kier alpha value is -2.07. The van der Waals surface area contributed by atoms with Crippen LogP contribution in [0.15, 0.2) is 36.4 Å². The Morgan fingerprint density at radius 1 is 1.18 bits per heavy atom. The van der Waals surface area contributed by atoms with Crippen molar-refractivity contribution in [3.63, 3.8) is 0 Å². The quantitative estimate of drug-likeness (QED) is 0.938. The van der Waals surface area contributed by atoms with Crippen LogP contribution in [0.3, 0.4) is 0 Å². The minimum atomic E-state index is -0.254. The van der Waals surface area contributed by atoms with Crippen LogP contribution in [0.2, 0.25) is 0 Å². The summed E-state index contributed by atoms with van der Waals surface area (Å²) in [4.78, 5) is 0. The van der Waals surface area contributed by atoms with Gasteiger partial charge in [-0.05, 0) is 54.8 Å². The van der Waals surface area contributed by atoms with Crippen LogP contribution in [0.4, 0.5) is 4.39 Å². The van der Waals surface area contributed by atoms with E-state index in [1.54, 1.807) is 19.2 Å². The molecule has 1 atom stereocenters. The van der Waals surface area contributed by atoms with Gasteiger partial charge in [-0.15, -0.1) is 0 Å². The summed E-state index contributed by atoms with van der Waals surface area (Å²) in [5.74, 6) is 1.32. The molecule has 1 unspecified atom stereocenters. The van der Waals surface area contributed by atoms with Gasteiger partial charge < -0.3 is 14.8 Å². The molecule has 0 aromatic heterocycles.